The maximum atomic E-state index is 12.0. The van der Waals surface area contributed by atoms with Gasteiger partial charge in [-0.3, -0.25) is 9.48 Å². The Labute approximate surface area is 144 Å². The molecular weight excluding hydrogens is 393 g/mol. The largest absolute Gasteiger partial charge is 0.483 e. The smallest absolute Gasteiger partial charge is 0.263 e. The number of ether oxygens (including phenoxy) is 1. The second-order valence-corrected chi connectivity index (χ2v) is 7.22. The van der Waals surface area contributed by atoms with Gasteiger partial charge in [0.1, 0.15) is 11.6 Å². The number of halogens is 1. The average Bonchev–Trinajstić information content (AvgIpc) is 2.79. The number of aromatic nitrogens is 2. The van der Waals surface area contributed by atoms with E-state index in [1.807, 2.05) is 37.4 Å². The summed E-state index contributed by atoms with van der Waals surface area (Å²) < 4.78 is 8.18. The number of benzene rings is 1. The van der Waals surface area contributed by atoms with Gasteiger partial charge in [0.25, 0.3) is 5.91 Å². The molecule has 22 heavy (non-hydrogen) atoms. The molecule has 118 valence electrons. The van der Waals surface area contributed by atoms with Crippen molar-refractivity contribution in [2.45, 2.75) is 26.2 Å². The van der Waals surface area contributed by atoms with Gasteiger partial charge in [-0.25, -0.2) is 0 Å². The zero-order chi connectivity index (χ0) is 16.3. The lowest BCUT2D eigenvalue weighted by molar-refractivity contribution is -0.118. The maximum Gasteiger partial charge on any atom is 0.263 e. The van der Waals surface area contributed by atoms with E-state index in [2.05, 4.69) is 53.8 Å². The van der Waals surface area contributed by atoms with Crippen LogP contribution < -0.4 is 10.1 Å². The van der Waals surface area contributed by atoms with Crippen LogP contribution in [0.5, 0.6) is 5.75 Å². The molecule has 1 amide bonds. The third-order valence-electron chi connectivity index (χ3n) is 3.11. The SMILES string of the molecule is Cn1nc(C(C)(C)C)cc1NC(=O)COc1ccccc1I. The fourth-order valence-electron chi connectivity index (χ4n) is 1.83. The van der Waals surface area contributed by atoms with Crippen molar-refractivity contribution < 1.29 is 9.53 Å². The van der Waals surface area contributed by atoms with Gasteiger partial charge >= 0.3 is 0 Å². The normalized spacial score (nSPS) is 11.3. The topological polar surface area (TPSA) is 56.2 Å². The number of nitrogens with one attached hydrogen (secondary N) is 1. The van der Waals surface area contributed by atoms with Crippen LogP contribution in [0.4, 0.5) is 5.82 Å². The van der Waals surface area contributed by atoms with Gasteiger partial charge < -0.3 is 10.1 Å². The van der Waals surface area contributed by atoms with E-state index in [0.717, 1.165) is 9.26 Å². The molecule has 0 saturated heterocycles. The number of para-hydroxylation sites is 1. The highest BCUT2D eigenvalue weighted by molar-refractivity contribution is 14.1. The molecule has 0 aliphatic carbocycles. The summed E-state index contributed by atoms with van der Waals surface area (Å²) in [5.74, 6) is 1.17. The fraction of sp³-hybridized carbons (Fsp3) is 0.375. The van der Waals surface area contributed by atoms with Gasteiger partial charge in [0, 0.05) is 18.5 Å². The first-order chi connectivity index (χ1) is 10.3. The number of amides is 1. The number of aryl methyl sites for hydroxylation is 1. The Kier molecular flexibility index (Phi) is 5.10. The predicted molar refractivity (Wildman–Crippen MR) is 95.2 cm³/mol. The van der Waals surface area contributed by atoms with Crippen LogP contribution in [0, 0.1) is 3.57 Å². The van der Waals surface area contributed by atoms with E-state index in [-0.39, 0.29) is 17.9 Å². The second-order valence-electron chi connectivity index (χ2n) is 6.06. The van der Waals surface area contributed by atoms with Crippen molar-refractivity contribution in [3.05, 3.63) is 39.6 Å². The van der Waals surface area contributed by atoms with Gasteiger partial charge in [-0.15, -0.1) is 0 Å². The molecule has 0 unspecified atom stereocenters. The molecule has 1 aromatic heterocycles. The Morgan fingerprint density at radius 2 is 2.05 bits per heavy atom. The number of anilines is 1. The Bertz CT molecular complexity index is 674. The molecule has 1 N–H and O–H groups in total. The van der Waals surface area contributed by atoms with Crippen molar-refractivity contribution in [1.29, 1.82) is 0 Å². The Morgan fingerprint density at radius 1 is 1.36 bits per heavy atom. The van der Waals surface area contributed by atoms with Crippen molar-refractivity contribution in [3.8, 4) is 5.75 Å². The molecule has 0 spiro atoms. The average molecular weight is 413 g/mol. The molecule has 0 fully saturated rings. The summed E-state index contributed by atoms with van der Waals surface area (Å²) in [5.41, 5.74) is 0.876. The number of hydrogen-bond donors (Lipinski definition) is 1. The van der Waals surface area contributed by atoms with E-state index < -0.39 is 0 Å². The minimum atomic E-state index is -0.205. The predicted octanol–water partition coefficient (Wildman–Crippen LogP) is 3.34. The van der Waals surface area contributed by atoms with Gasteiger partial charge in [-0.1, -0.05) is 32.9 Å². The first kappa shape index (κ1) is 16.8. The number of carbonyl (C=O) groups excluding carboxylic acids is 1. The highest BCUT2D eigenvalue weighted by Crippen LogP contribution is 2.23. The van der Waals surface area contributed by atoms with Crippen LogP contribution in [0.2, 0.25) is 0 Å². The molecule has 0 aliphatic heterocycles. The lowest BCUT2D eigenvalue weighted by atomic mass is 9.92. The zero-order valence-corrected chi connectivity index (χ0v) is 15.3. The first-order valence-electron chi connectivity index (χ1n) is 6.99. The van der Waals surface area contributed by atoms with Crippen LogP contribution in [0.15, 0.2) is 30.3 Å². The lowest BCUT2D eigenvalue weighted by Gasteiger charge is -2.13. The fourth-order valence-corrected chi connectivity index (χ4v) is 2.38. The summed E-state index contributed by atoms with van der Waals surface area (Å²) in [6, 6.07) is 9.48. The first-order valence-corrected chi connectivity index (χ1v) is 8.07. The molecule has 2 rings (SSSR count). The van der Waals surface area contributed by atoms with Crippen molar-refractivity contribution in [2.75, 3.05) is 11.9 Å². The van der Waals surface area contributed by atoms with Crippen molar-refractivity contribution >= 4 is 34.3 Å². The summed E-state index contributed by atoms with van der Waals surface area (Å²) in [7, 11) is 1.81. The molecule has 1 heterocycles. The van der Waals surface area contributed by atoms with E-state index in [1.54, 1.807) is 4.68 Å². The minimum Gasteiger partial charge on any atom is -0.483 e. The van der Waals surface area contributed by atoms with Crippen LogP contribution in [0.3, 0.4) is 0 Å². The lowest BCUT2D eigenvalue weighted by Crippen LogP contribution is -2.21. The third kappa shape index (κ3) is 4.22. The maximum absolute atomic E-state index is 12.0. The molecule has 5 nitrogen and oxygen atoms in total. The standard InChI is InChI=1S/C16H20IN3O2/c1-16(2,3)13-9-14(20(4)19-13)18-15(21)10-22-12-8-6-5-7-11(12)17/h5-9H,10H2,1-4H3,(H,18,21). The van der Waals surface area contributed by atoms with Crippen molar-refractivity contribution in [1.82, 2.24) is 9.78 Å². The minimum absolute atomic E-state index is 0.0317. The number of rotatable bonds is 4. The monoisotopic (exact) mass is 413 g/mol. The Morgan fingerprint density at radius 3 is 2.64 bits per heavy atom. The van der Waals surface area contributed by atoms with Crippen LogP contribution in [0.1, 0.15) is 26.5 Å². The summed E-state index contributed by atoms with van der Waals surface area (Å²) in [5, 5.41) is 7.25. The summed E-state index contributed by atoms with van der Waals surface area (Å²) >= 11 is 2.18. The van der Waals surface area contributed by atoms with Crippen LogP contribution in [0.25, 0.3) is 0 Å². The van der Waals surface area contributed by atoms with E-state index in [4.69, 9.17) is 4.74 Å². The molecule has 0 saturated carbocycles. The second kappa shape index (κ2) is 6.68. The number of nitrogens with zero attached hydrogens (tertiary/aromatic N) is 2. The zero-order valence-electron chi connectivity index (χ0n) is 13.2. The van der Waals surface area contributed by atoms with Gasteiger partial charge in [0.2, 0.25) is 0 Å². The highest BCUT2D eigenvalue weighted by Gasteiger charge is 2.19. The van der Waals surface area contributed by atoms with Gasteiger partial charge in [0.15, 0.2) is 6.61 Å². The van der Waals surface area contributed by atoms with Crippen molar-refractivity contribution in [3.63, 3.8) is 0 Å². The van der Waals surface area contributed by atoms with E-state index in [1.165, 1.54) is 0 Å². The number of hydrogen-bond acceptors (Lipinski definition) is 3. The molecular formula is C16H20IN3O2. The van der Waals surface area contributed by atoms with Crippen molar-refractivity contribution in [2.24, 2.45) is 7.05 Å². The molecule has 0 atom stereocenters. The Balaban J connectivity index is 1.98. The third-order valence-corrected chi connectivity index (χ3v) is 4.00. The van der Waals surface area contributed by atoms with Crippen LogP contribution >= 0.6 is 22.6 Å². The van der Waals surface area contributed by atoms with Gasteiger partial charge in [-0.2, -0.15) is 5.10 Å². The van der Waals surface area contributed by atoms with Gasteiger partial charge in [-0.05, 0) is 34.7 Å². The quantitative estimate of drug-likeness (QED) is 0.783. The summed E-state index contributed by atoms with van der Waals surface area (Å²) in [6.07, 6.45) is 0. The number of carbonyl (C=O) groups is 1. The van der Waals surface area contributed by atoms with E-state index in [0.29, 0.717) is 11.6 Å². The summed E-state index contributed by atoms with van der Waals surface area (Å²) in [6.45, 7) is 6.22. The molecule has 2 aromatic rings. The van der Waals surface area contributed by atoms with Gasteiger partial charge in [0.05, 0.1) is 9.26 Å². The molecule has 0 radical (unpaired) electrons. The van der Waals surface area contributed by atoms with Crippen LogP contribution in [-0.4, -0.2) is 22.3 Å². The van der Waals surface area contributed by atoms with Crippen LogP contribution in [-0.2, 0) is 17.3 Å². The Hall–Kier alpha value is -1.57. The van der Waals surface area contributed by atoms with E-state index >= 15 is 0 Å². The molecule has 0 bridgehead atoms. The van der Waals surface area contributed by atoms with E-state index in [9.17, 15) is 4.79 Å². The highest BCUT2D eigenvalue weighted by atomic mass is 127. The molecule has 1 aromatic carbocycles. The summed E-state index contributed by atoms with van der Waals surface area (Å²) in [4.78, 5) is 12.0. The molecule has 0 aliphatic rings. The molecule has 6 heteroatoms.